The Hall–Kier alpha value is -4.01. The van der Waals surface area contributed by atoms with Crippen molar-refractivity contribution in [2.45, 2.75) is 13.3 Å². The summed E-state index contributed by atoms with van der Waals surface area (Å²) in [6.07, 6.45) is -0.0459. The first kappa shape index (κ1) is 18.4. The number of H-pyrrole nitrogens is 1. The highest BCUT2D eigenvalue weighted by Crippen LogP contribution is 2.24. The molecule has 0 fully saturated rings. The maximum atomic E-state index is 12.5. The van der Waals surface area contributed by atoms with Crippen LogP contribution in [0.15, 0.2) is 59.6 Å². The maximum Gasteiger partial charge on any atom is 0.421 e. The van der Waals surface area contributed by atoms with Crippen LogP contribution in [0.4, 0.5) is 10.5 Å². The fourth-order valence-electron chi connectivity index (χ4n) is 2.91. The van der Waals surface area contributed by atoms with Crippen LogP contribution >= 0.6 is 0 Å². The van der Waals surface area contributed by atoms with Gasteiger partial charge in [0.1, 0.15) is 6.61 Å². The van der Waals surface area contributed by atoms with Crippen molar-refractivity contribution in [2.75, 3.05) is 6.61 Å². The number of rotatable bonds is 5. The summed E-state index contributed by atoms with van der Waals surface area (Å²) >= 11 is 0. The van der Waals surface area contributed by atoms with Crippen LogP contribution in [0.3, 0.4) is 0 Å². The number of nitrogens with one attached hydrogen (secondary N) is 1. The van der Waals surface area contributed by atoms with Crippen LogP contribution in [0.5, 0.6) is 5.88 Å². The molecule has 0 aliphatic rings. The monoisotopic (exact) mass is 390 g/mol. The molecule has 146 valence electrons. The highest BCUT2D eigenvalue weighted by Gasteiger charge is 2.16. The molecular formula is C20H18N6O3. The molecule has 0 saturated heterocycles. The summed E-state index contributed by atoms with van der Waals surface area (Å²) in [5, 5.41) is 24.7. The number of hydrogen-bond donors (Lipinski definition) is 2. The topological polar surface area (TPSA) is 118 Å². The first-order valence-electron chi connectivity index (χ1n) is 9.02. The lowest BCUT2D eigenvalue weighted by molar-refractivity contribution is 0.162. The minimum absolute atomic E-state index is 0.0217. The Morgan fingerprint density at radius 3 is 2.72 bits per heavy atom. The van der Waals surface area contributed by atoms with Crippen LogP contribution in [0.1, 0.15) is 13.3 Å². The molecule has 0 radical (unpaired) electrons. The van der Waals surface area contributed by atoms with E-state index >= 15 is 0 Å². The van der Waals surface area contributed by atoms with Gasteiger partial charge in [-0.1, -0.05) is 25.1 Å². The molecule has 2 heterocycles. The molecule has 2 aromatic carbocycles. The van der Waals surface area contributed by atoms with E-state index in [4.69, 9.17) is 4.74 Å². The lowest BCUT2D eigenvalue weighted by Gasteiger charge is -2.09. The molecule has 9 nitrogen and oxygen atoms in total. The normalized spacial score (nSPS) is 11.7. The number of ether oxygens (including phenoxy) is 1. The number of aromatic amines is 1. The molecular weight excluding hydrogens is 372 g/mol. The Balaban J connectivity index is 1.47. The minimum Gasteiger partial charge on any atom is -0.494 e. The lowest BCUT2D eigenvalue weighted by atomic mass is 10.2. The van der Waals surface area contributed by atoms with E-state index in [0.29, 0.717) is 23.5 Å². The molecule has 4 aromatic rings. The summed E-state index contributed by atoms with van der Waals surface area (Å²) in [6.45, 7) is 1.96. The van der Waals surface area contributed by atoms with Crippen LogP contribution in [0, 0.1) is 0 Å². The van der Waals surface area contributed by atoms with E-state index in [1.165, 1.54) is 6.07 Å². The SMILES string of the molecule is CCC(COC(=O)n1c(O)cc2ccccc21)=Nc1ccc(-c2nn[nH]n2)cc1. The van der Waals surface area contributed by atoms with Crippen LogP contribution in [-0.4, -0.2) is 48.7 Å². The van der Waals surface area contributed by atoms with Crippen molar-refractivity contribution in [3.63, 3.8) is 0 Å². The van der Waals surface area contributed by atoms with Gasteiger partial charge in [-0.3, -0.25) is 4.99 Å². The van der Waals surface area contributed by atoms with E-state index in [2.05, 4.69) is 25.6 Å². The fourth-order valence-corrected chi connectivity index (χ4v) is 2.91. The van der Waals surface area contributed by atoms with Gasteiger partial charge in [-0.15, -0.1) is 10.2 Å². The van der Waals surface area contributed by atoms with Gasteiger partial charge in [0.05, 0.1) is 16.9 Å². The van der Waals surface area contributed by atoms with Crippen molar-refractivity contribution in [1.29, 1.82) is 0 Å². The molecule has 0 spiro atoms. The third kappa shape index (κ3) is 3.84. The van der Waals surface area contributed by atoms with Gasteiger partial charge in [0.25, 0.3) is 0 Å². The summed E-state index contributed by atoms with van der Waals surface area (Å²) in [6, 6.07) is 16.1. The van der Waals surface area contributed by atoms with E-state index in [1.807, 2.05) is 43.3 Å². The van der Waals surface area contributed by atoms with Gasteiger partial charge in [-0.05, 0) is 42.0 Å². The Morgan fingerprint density at radius 2 is 2.00 bits per heavy atom. The molecule has 29 heavy (non-hydrogen) atoms. The highest BCUT2D eigenvalue weighted by molar-refractivity contribution is 5.94. The molecule has 0 bridgehead atoms. The summed E-state index contributed by atoms with van der Waals surface area (Å²) in [5.74, 6) is 0.340. The zero-order valence-corrected chi connectivity index (χ0v) is 15.6. The van der Waals surface area contributed by atoms with Gasteiger partial charge in [-0.25, -0.2) is 9.36 Å². The number of nitrogens with zero attached hydrogens (tertiary/aromatic N) is 5. The maximum absolute atomic E-state index is 12.5. The van der Waals surface area contributed by atoms with E-state index in [0.717, 1.165) is 21.2 Å². The van der Waals surface area contributed by atoms with Gasteiger partial charge < -0.3 is 9.84 Å². The number of fused-ring (bicyclic) bond motifs is 1. The van der Waals surface area contributed by atoms with E-state index < -0.39 is 6.09 Å². The second-order valence-electron chi connectivity index (χ2n) is 6.27. The van der Waals surface area contributed by atoms with Crippen LogP contribution in [-0.2, 0) is 4.74 Å². The molecule has 2 aromatic heterocycles. The first-order valence-corrected chi connectivity index (χ1v) is 9.02. The Bertz CT molecular complexity index is 1160. The van der Waals surface area contributed by atoms with Crippen LogP contribution < -0.4 is 0 Å². The molecule has 0 aliphatic heterocycles. The smallest absolute Gasteiger partial charge is 0.421 e. The van der Waals surface area contributed by atoms with E-state index in [1.54, 1.807) is 12.1 Å². The van der Waals surface area contributed by atoms with E-state index in [9.17, 15) is 9.90 Å². The van der Waals surface area contributed by atoms with Gasteiger partial charge >= 0.3 is 6.09 Å². The quantitative estimate of drug-likeness (QED) is 0.502. The Kier molecular flexibility index (Phi) is 5.02. The average molecular weight is 390 g/mol. The number of carbonyl (C=O) groups is 1. The number of para-hydroxylation sites is 1. The third-order valence-electron chi connectivity index (χ3n) is 4.40. The number of hydrogen-bond acceptors (Lipinski definition) is 7. The van der Waals surface area contributed by atoms with Crippen molar-refractivity contribution in [2.24, 2.45) is 4.99 Å². The summed E-state index contributed by atoms with van der Waals surface area (Å²) in [4.78, 5) is 17.0. The molecule has 4 rings (SSSR count). The molecule has 0 saturated carbocycles. The predicted octanol–water partition coefficient (Wildman–Crippen LogP) is 3.69. The molecule has 0 atom stereocenters. The van der Waals surface area contributed by atoms with Gasteiger partial charge in [0, 0.05) is 17.0 Å². The van der Waals surface area contributed by atoms with Gasteiger partial charge in [-0.2, -0.15) is 5.21 Å². The van der Waals surface area contributed by atoms with Crippen molar-refractivity contribution in [3.8, 4) is 17.3 Å². The van der Waals surface area contributed by atoms with Gasteiger partial charge in [0.15, 0.2) is 0 Å². The average Bonchev–Trinajstić information content (AvgIpc) is 3.38. The molecule has 2 N–H and O–H groups in total. The molecule has 0 unspecified atom stereocenters. The second kappa shape index (κ2) is 7.93. The number of aromatic nitrogens is 5. The zero-order valence-electron chi connectivity index (χ0n) is 15.6. The van der Waals surface area contributed by atoms with Crippen LogP contribution in [0.2, 0.25) is 0 Å². The first-order chi connectivity index (χ1) is 14.2. The van der Waals surface area contributed by atoms with E-state index in [-0.39, 0.29) is 12.5 Å². The van der Waals surface area contributed by atoms with Crippen molar-refractivity contribution < 1.29 is 14.6 Å². The second-order valence-corrected chi connectivity index (χ2v) is 6.27. The van der Waals surface area contributed by atoms with Crippen LogP contribution in [0.25, 0.3) is 22.3 Å². The van der Waals surface area contributed by atoms with Crippen molar-refractivity contribution in [3.05, 3.63) is 54.6 Å². The van der Waals surface area contributed by atoms with Gasteiger partial charge in [0.2, 0.25) is 11.7 Å². The fraction of sp³-hybridized carbons (Fsp3) is 0.150. The summed E-state index contributed by atoms with van der Waals surface area (Å²) < 4.78 is 6.53. The predicted molar refractivity (Wildman–Crippen MR) is 107 cm³/mol. The molecule has 0 amide bonds. The molecule has 9 heteroatoms. The summed E-state index contributed by atoms with van der Waals surface area (Å²) in [7, 11) is 0. The number of benzene rings is 2. The zero-order chi connectivity index (χ0) is 20.2. The molecule has 0 aliphatic carbocycles. The summed E-state index contributed by atoms with van der Waals surface area (Å²) in [5.41, 5.74) is 2.82. The van der Waals surface area contributed by atoms with Crippen molar-refractivity contribution >= 4 is 28.4 Å². The standard InChI is InChI=1S/C20H18N6O3/c1-2-15(21-16-9-7-13(8-10-16)19-22-24-25-23-19)12-29-20(28)26-17-6-4-3-5-14(17)11-18(26)27/h3-11,27H,2,12H2,1H3,(H,22,23,24,25). The number of aromatic hydroxyl groups is 1. The highest BCUT2D eigenvalue weighted by atomic mass is 16.6. The lowest BCUT2D eigenvalue weighted by Crippen LogP contribution is -2.18. The Labute approximate surface area is 165 Å². The Morgan fingerprint density at radius 1 is 1.21 bits per heavy atom. The van der Waals surface area contributed by atoms with Crippen molar-refractivity contribution in [1.82, 2.24) is 25.2 Å². The minimum atomic E-state index is -0.655. The largest absolute Gasteiger partial charge is 0.494 e. The third-order valence-corrected chi connectivity index (χ3v) is 4.40. The number of aliphatic imine (C=N–C) groups is 1. The number of carbonyl (C=O) groups excluding carboxylic acids is 1. The number of tetrazole rings is 1.